The number of ether oxygens (including phenoxy) is 1. The van der Waals surface area contributed by atoms with Gasteiger partial charge in [-0.05, 0) is 73.6 Å². The highest BCUT2D eigenvalue weighted by atomic mass is 16.5. The molecule has 0 amide bonds. The Bertz CT molecular complexity index is 855. The Morgan fingerprint density at radius 1 is 1.35 bits per heavy atom. The number of esters is 1. The molecular formula is C22H30N2O2. The van der Waals surface area contributed by atoms with Crippen LogP contribution in [0.4, 0.5) is 0 Å². The zero-order chi connectivity index (χ0) is 18.5. The highest BCUT2D eigenvalue weighted by molar-refractivity contribution is 5.80. The van der Waals surface area contributed by atoms with Crippen LogP contribution in [0.3, 0.4) is 0 Å². The molecule has 1 aromatic carbocycles. The fourth-order valence-electron chi connectivity index (χ4n) is 5.86. The number of benzene rings is 1. The molecule has 0 bridgehead atoms. The van der Waals surface area contributed by atoms with E-state index in [1.54, 1.807) is 0 Å². The van der Waals surface area contributed by atoms with Gasteiger partial charge < -0.3 is 9.72 Å². The van der Waals surface area contributed by atoms with Crippen LogP contribution in [0.5, 0.6) is 0 Å². The quantitative estimate of drug-likeness (QED) is 0.813. The number of aryl methyl sites for hydroxylation is 2. The number of fused-ring (bicyclic) bond motifs is 4. The number of imidazole rings is 1. The summed E-state index contributed by atoms with van der Waals surface area (Å²) in [6.45, 7) is 6.67. The largest absolute Gasteiger partial charge is 0.469 e. The Kier molecular flexibility index (Phi) is 4.13. The molecule has 0 spiro atoms. The molecule has 0 radical (unpaired) electrons. The van der Waals surface area contributed by atoms with Crippen molar-refractivity contribution in [2.45, 2.75) is 71.1 Å². The van der Waals surface area contributed by atoms with Crippen LogP contribution in [0.25, 0.3) is 11.0 Å². The van der Waals surface area contributed by atoms with E-state index >= 15 is 0 Å². The van der Waals surface area contributed by atoms with Crippen LogP contribution in [0.15, 0.2) is 12.1 Å². The van der Waals surface area contributed by atoms with Crippen molar-refractivity contribution in [1.82, 2.24) is 9.97 Å². The molecule has 0 aliphatic heterocycles. The Hall–Kier alpha value is -1.84. The minimum absolute atomic E-state index is 0.0207. The van der Waals surface area contributed by atoms with E-state index in [0.717, 1.165) is 61.8 Å². The van der Waals surface area contributed by atoms with Crippen LogP contribution < -0.4 is 0 Å². The lowest BCUT2D eigenvalue weighted by atomic mass is 9.50. The van der Waals surface area contributed by atoms with E-state index in [2.05, 4.69) is 37.9 Å². The highest BCUT2D eigenvalue weighted by Gasteiger charge is 2.55. The third kappa shape index (κ3) is 2.41. The Balaban J connectivity index is 1.82. The smallest absolute Gasteiger partial charge is 0.311 e. The maximum absolute atomic E-state index is 12.6. The summed E-state index contributed by atoms with van der Waals surface area (Å²) in [5.41, 5.74) is 4.70. The predicted octanol–water partition coefficient (Wildman–Crippen LogP) is 4.70. The minimum atomic E-state index is -0.382. The summed E-state index contributed by atoms with van der Waals surface area (Å²) in [6, 6.07) is 4.61. The van der Waals surface area contributed by atoms with Gasteiger partial charge in [-0.2, -0.15) is 0 Å². The SMILES string of the molecule is CCCc1nc2cc3c(cc2[nH]1)CC[C@H]1[C@](C)(C(=O)OC)CCC[C@@]31C. The van der Waals surface area contributed by atoms with E-state index < -0.39 is 0 Å². The number of aromatic amines is 1. The first-order chi connectivity index (χ1) is 12.4. The third-order valence-electron chi connectivity index (χ3n) is 7.14. The molecule has 2 aliphatic rings. The second kappa shape index (κ2) is 6.11. The molecule has 1 fully saturated rings. The maximum atomic E-state index is 12.6. The molecule has 2 aliphatic carbocycles. The van der Waals surface area contributed by atoms with Gasteiger partial charge in [-0.3, -0.25) is 4.79 Å². The second-order valence-electron chi connectivity index (χ2n) is 8.73. The molecule has 0 unspecified atom stereocenters. The maximum Gasteiger partial charge on any atom is 0.311 e. The van der Waals surface area contributed by atoms with Gasteiger partial charge in [0.2, 0.25) is 0 Å². The van der Waals surface area contributed by atoms with Crippen molar-refractivity contribution in [2.24, 2.45) is 11.3 Å². The summed E-state index contributed by atoms with van der Waals surface area (Å²) in [7, 11) is 1.53. The van der Waals surface area contributed by atoms with Gasteiger partial charge in [0, 0.05) is 6.42 Å². The van der Waals surface area contributed by atoms with Gasteiger partial charge in [0.1, 0.15) is 5.82 Å². The summed E-state index contributed by atoms with van der Waals surface area (Å²) in [5.74, 6) is 1.37. The van der Waals surface area contributed by atoms with E-state index in [4.69, 9.17) is 9.72 Å². The fraction of sp³-hybridized carbons (Fsp3) is 0.636. The Morgan fingerprint density at radius 3 is 2.88 bits per heavy atom. The molecule has 0 saturated heterocycles. The van der Waals surface area contributed by atoms with Crippen molar-refractivity contribution < 1.29 is 9.53 Å². The number of rotatable bonds is 3. The summed E-state index contributed by atoms with van der Waals surface area (Å²) in [4.78, 5) is 21.0. The molecule has 4 nitrogen and oxygen atoms in total. The van der Waals surface area contributed by atoms with Crippen LogP contribution >= 0.6 is 0 Å². The first-order valence-electron chi connectivity index (χ1n) is 10.0. The van der Waals surface area contributed by atoms with Gasteiger partial charge in [-0.15, -0.1) is 0 Å². The molecule has 1 heterocycles. The second-order valence-corrected chi connectivity index (χ2v) is 8.73. The minimum Gasteiger partial charge on any atom is -0.469 e. The van der Waals surface area contributed by atoms with Crippen LogP contribution in [0.2, 0.25) is 0 Å². The number of hydrogen-bond acceptors (Lipinski definition) is 3. The fourth-order valence-corrected chi connectivity index (χ4v) is 5.86. The number of nitrogens with one attached hydrogen (secondary N) is 1. The number of methoxy groups -OCH3 is 1. The standard InChI is InChI=1S/C22H30N2O2/c1-5-7-19-23-16-12-14-8-9-18-21(2,15(14)13-17(16)24-19)10-6-11-22(18,3)20(25)26-4/h12-13,18H,5-11H2,1-4H3,(H,23,24)/t18-,21+,22-/m1/s1. The van der Waals surface area contributed by atoms with Crippen LogP contribution in [-0.4, -0.2) is 23.0 Å². The molecule has 26 heavy (non-hydrogen) atoms. The predicted molar refractivity (Wildman–Crippen MR) is 103 cm³/mol. The Labute approximate surface area is 155 Å². The summed E-state index contributed by atoms with van der Waals surface area (Å²) >= 11 is 0. The van der Waals surface area contributed by atoms with Gasteiger partial charge >= 0.3 is 5.97 Å². The number of aromatic nitrogens is 2. The molecular weight excluding hydrogens is 324 g/mol. The van der Waals surface area contributed by atoms with E-state index in [1.807, 2.05) is 0 Å². The molecule has 1 aromatic heterocycles. The zero-order valence-electron chi connectivity index (χ0n) is 16.4. The summed E-state index contributed by atoms with van der Waals surface area (Å²) in [6.07, 6.45) is 7.29. The lowest BCUT2D eigenvalue weighted by Gasteiger charge is -2.54. The third-order valence-corrected chi connectivity index (χ3v) is 7.14. The molecule has 2 aromatic rings. The van der Waals surface area contributed by atoms with E-state index in [-0.39, 0.29) is 16.8 Å². The number of hydrogen-bond donors (Lipinski definition) is 1. The lowest BCUT2D eigenvalue weighted by molar-refractivity contribution is -0.161. The average Bonchev–Trinajstić information content (AvgIpc) is 3.01. The van der Waals surface area contributed by atoms with Crippen molar-refractivity contribution in [3.05, 3.63) is 29.1 Å². The number of carbonyl (C=O) groups is 1. The first kappa shape index (κ1) is 17.6. The van der Waals surface area contributed by atoms with Crippen molar-refractivity contribution >= 4 is 17.0 Å². The molecule has 4 heteroatoms. The van der Waals surface area contributed by atoms with Gasteiger partial charge in [-0.25, -0.2) is 4.98 Å². The normalized spacial score (nSPS) is 30.7. The number of carbonyl (C=O) groups excluding carboxylic acids is 1. The average molecular weight is 354 g/mol. The molecule has 140 valence electrons. The van der Waals surface area contributed by atoms with Gasteiger partial charge in [-0.1, -0.05) is 20.3 Å². The van der Waals surface area contributed by atoms with Crippen molar-refractivity contribution in [3.63, 3.8) is 0 Å². The molecule has 4 rings (SSSR count). The van der Waals surface area contributed by atoms with Crippen molar-refractivity contribution in [3.8, 4) is 0 Å². The van der Waals surface area contributed by atoms with Gasteiger partial charge in [0.25, 0.3) is 0 Å². The topological polar surface area (TPSA) is 55.0 Å². The number of H-pyrrole nitrogens is 1. The molecule has 1 saturated carbocycles. The van der Waals surface area contributed by atoms with Crippen LogP contribution in [-0.2, 0) is 27.8 Å². The summed E-state index contributed by atoms with van der Waals surface area (Å²) < 4.78 is 5.22. The van der Waals surface area contributed by atoms with Crippen LogP contribution in [0.1, 0.15) is 69.8 Å². The summed E-state index contributed by atoms with van der Waals surface area (Å²) in [5, 5.41) is 0. The highest BCUT2D eigenvalue weighted by Crippen LogP contribution is 2.57. The molecule has 1 N–H and O–H groups in total. The van der Waals surface area contributed by atoms with Crippen LogP contribution in [0, 0.1) is 11.3 Å². The van der Waals surface area contributed by atoms with Crippen molar-refractivity contribution in [1.29, 1.82) is 0 Å². The van der Waals surface area contributed by atoms with E-state index in [9.17, 15) is 4.79 Å². The zero-order valence-corrected chi connectivity index (χ0v) is 16.4. The monoisotopic (exact) mass is 354 g/mol. The van der Waals surface area contributed by atoms with E-state index in [0.29, 0.717) is 5.92 Å². The van der Waals surface area contributed by atoms with Gasteiger partial charge in [0.15, 0.2) is 0 Å². The molecule has 3 atom stereocenters. The van der Waals surface area contributed by atoms with E-state index in [1.165, 1.54) is 18.2 Å². The first-order valence-corrected chi connectivity index (χ1v) is 10.0. The Morgan fingerprint density at radius 2 is 2.15 bits per heavy atom. The van der Waals surface area contributed by atoms with Crippen molar-refractivity contribution in [2.75, 3.05) is 7.11 Å². The van der Waals surface area contributed by atoms with Gasteiger partial charge in [0.05, 0.1) is 23.6 Å². The number of nitrogens with zero attached hydrogens (tertiary/aromatic N) is 1. The lowest BCUT2D eigenvalue weighted by Crippen LogP contribution is -2.52.